The number of benzene rings is 1. The highest BCUT2D eigenvalue weighted by Crippen LogP contribution is 2.32. The average molecular weight is 397 g/mol. The number of hydrogen-bond donors (Lipinski definition) is 2. The molecule has 1 aromatic carbocycles. The Bertz CT molecular complexity index is 742. The van der Waals surface area contributed by atoms with E-state index in [2.05, 4.69) is 5.32 Å². The first kappa shape index (κ1) is 19.1. The van der Waals surface area contributed by atoms with Crippen molar-refractivity contribution in [2.45, 2.75) is 51.0 Å². The fourth-order valence-electron chi connectivity index (χ4n) is 3.57. The molecule has 1 fully saturated rings. The molecule has 3 rings (SSSR count). The summed E-state index contributed by atoms with van der Waals surface area (Å²) in [6.45, 7) is 0.374. The van der Waals surface area contributed by atoms with Crippen molar-refractivity contribution in [3.63, 3.8) is 0 Å². The molecule has 1 aliphatic heterocycles. The van der Waals surface area contributed by atoms with Crippen LogP contribution in [0.1, 0.15) is 44.9 Å². The number of nitrogens with zero attached hydrogens (tertiary/aromatic N) is 1. The molecular weight excluding hydrogens is 375 g/mol. The second-order valence-electron chi connectivity index (χ2n) is 6.84. The number of nitrogens with one attached hydrogen (secondary N) is 1. The maximum Gasteiger partial charge on any atom is 0.303 e. The van der Waals surface area contributed by atoms with Crippen LogP contribution in [0.25, 0.3) is 0 Å². The molecule has 0 radical (unpaired) electrons. The molecule has 0 saturated heterocycles. The van der Waals surface area contributed by atoms with E-state index < -0.39 is 5.97 Å². The maximum atomic E-state index is 13.0. The van der Waals surface area contributed by atoms with Crippen LogP contribution in [0, 0.1) is 0 Å². The van der Waals surface area contributed by atoms with Crippen molar-refractivity contribution in [3.8, 4) is 0 Å². The number of rotatable bonds is 6. The normalized spacial score (nSPS) is 18.5. The largest absolute Gasteiger partial charge is 0.481 e. The number of carbonyl (C=O) groups is 2. The van der Waals surface area contributed by atoms with Gasteiger partial charge >= 0.3 is 5.97 Å². The Labute approximate surface area is 163 Å². The van der Waals surface area contributed by atoms with E-state index >= 15 is 0 Å². The van der Waals surface area contributed by atoms with Gasteiger partial charge in [-0.25, -0.2) is 0 Å². The van der Waals surface area contributed by atoms with Gasteiger partial charge in [-0.15, -0.1) is 0 Å². The van der Waals surface area contributed by atoms with Gasteiger partial charge in [-0.1, -0.05) is 42.5 Å². The van der Waals surface area contributed by atoms with Gasteiger partial charge in [-0.2, -0.15) is 0 Å². The SMILES string of the molecule is O=C(O)CCC1=C(NC2CCCCC2)C(=O)N(c2ccc(Cl)c(Cl)c2)C1. The van der Waals surface area contributed by atoms with Crippen molar-refractivity contribution >= 4 is 40.8 Å². The van der Waals surface area contributed by atoms with E-state index in [0.29, 0.717) is 34.4 Å². The van der Waals surface area contributed by atoms with Gasteiger partial charge in [0.1, 0.15) is 5.70 Å². The second kappa shape index (κ2) is 8.31. The first-order valence-corrected chi connectivity index (χ1v) is 9.68. The molecule has 0 atom stereocenters. The molecule has 1 amide bonds. The van der Waals surface area contributed by atoms with E-state index in [0.717, 1.165) is 31.3 Å². The second-order valence-corrected chi connectivity index (χ2v) is 7.66. The van der Waals surface area contributed by atoms with E-state index in [1.54, 1.807) is 23.1 Å². The lowest BCUT2D eigenvalue weighted by molar-refractivity contribution is -0.137. The Balaban J connectivity index is 1.82. The van der Waals surface area contributed by atoms with Crippen molar-refractivity contribution in [1.29, 1.82) is 0 Å². The summed E-state index contributed by atoms with van der Waals surface area (Å²) in [5.41, 5.74) is 2.07. The number of amides is 1. The summed E-state index contributed by atoms with van der Waals surface area (Å²) in [6.07, 6.45) is 5.97. The fourth-order valence-corrected chi connectivity index (χ4v) is 3.86. The predicted molar refractivity (Wildman–Crippen MR) is 103 cm³/mol. The zero-order chi connectivity index (χ0) is 18.7. The number of carbonyl (C=O) groups excluding carboxylic acids is 1. The third kappa shape index (κ3) is 4.33. The Hall–Kier alpha value is -1.72. The Morgan fingerprint density at radius 1 is 1.19 bits per heavy atom. The molecule has 1 heterocycles. The monoisotopic (exact) mass is 396 g/mol. The third-order valence-electron chi connectivity index (χ3n) is 4.97. The molecule has 7 heteroatoms. The van der Waals surface area contributed by atoms with Gasteiger partial charge in [0, 0.05) is 24.7 Å². The number of anilines is 1. The van der Waals surface area contributed by atoms with Crippen LogP contribution in [-0.2, 0) is 9.59 Å². The number of carboxylic acid groups (broad SMARTS) is 1. The van der Waals surface area contributed by atoms with Gasteiger partial charge in [0.05, 0.1) is 10.0 Å². The van der Waals surface area contributed by atoms with Gasteiger partial charge in [-0.05, 0) is 43.0 Å². The van der Waals surface area contributed by atoms with E-state index in [9.17, 15) is 9.59 Å². The number of halogens is 2. The lowest BCUT2D eigenvalue weighted by Crippen LogP contribution is -2.36. The molecule has 1 saturated carbocycles. The van der Waals surface area contributed by atoms with Gasteiger partial charge in [0.25, 0.3) is 5.91 Å². The van der Waals surface area contributed by atoms with Crippen molar-refractivity contribution in [1.82, 2.24) is 5.32 Å². The lowest BCUT2D eigenvalue weighted by Gasteiger charge is -2.25. The molecule has 1 aromatic rings. The lowest BCUT2D eigenvalue weighted by atomic mass is 9.95. The molecule has 0 unspecified atom stereocenters. The highest BCUT2D eigenvalue weighted by molar-refractivity contribution is 6.42. The molecular formula is C19H22Cl2N2O3. The molecule has 2 aliphatic rings. The summed E-state index contributed by atoms with van der Waals surface area (Å²) >= 11 is 12.1. The first-order chi connectivity index (χ1) is 12.5. The van der Waals surface area contributed by atoms with Gasteiger partial charge in [-0.3, -0.25) is 9.59 Å². The predicted octanol–water partition coefficient (Wildman–Crippen LogP) is 4.38. The van der Waals surface area contributed by atoms with Crippen LogP contribution in [0.5, 0.6) is 0 Å². The van der Waals surface area contributed by atoms with Crippen LogP contribution in [0.15, 0.2) is 29.5 Å². The van der Waals surface area contributed by atoms with E-state index in [1.807, 2.05) is 0 Å². The number of hydrogen-bond acceptors (Lipinski definition) is 3. The third-order valence-corrected chi connectivity index (χ3v) is 5.71. The summed E-state index contributed by atoms with van der Waals surface area (Å²) in [5, 5.41) is 13.2. The standard InChI is InChI=1S/C19H22Cl2N2O3/c20-15-8-7-14(10-16(15)21)23-11-12(6-9-17(24)25)18(19(23)26)22-13-4-2-1-3-5-13/h7-8,10,13,22H,1-6,9,11H2,(H,24,25). The fraction of sp³-hybridized carbons (Fsp3) is 0.474. The molecule has 2 N–H and O–H groups in total. The van der Waals surface area contributed by atoms with Crippen LogP contribution >= 0.6 is 23.2 Å². The molecule has 0 aromatic heterocycles. The minimum atomic E-state index is -0.866. The van der Waals surface area contributed by atoms with Crippen molar-refractivity contribution < 1.29 is 14.7 Å². The van der Waals surface area contributed by atoms with Crippen molar-refractivity contribution in [2.24, 2.45) is 0 Å². The van der Waals surface area contributed by atoms with Gasteiger partial charge in [0.15, 0.2) is 0 Å². The van der Waals surface area contributed by atoms with Crippen molar-refractivity contribution in [3.05, 3.63) is 39.5 Å². The highest BCUT2D eigenvalue weighted by atomic mass is 35.5. The summed E-state index contributed by atoms with van der Waals surface area (Å²) in [7, 11) is 0. The zero-order valence-corrected chi connectivity index (χ0v) is 15.9. The van der Waals surface area contributed by atoms with E-state index in [4.69, 9.17) is 28.3 Å². The summed E-state index contributed by atoms with van der Waals surface area (Å²) < 4.78 is 0. The van der Waals surface area contributed by atoms with Gasteiger partial charge < -0.3 is 15.3 Å². The Morgan fingerprint density at radius 2 is 1.92 bits per heavy atom. The minimum absolute atomic E-state index is 0.00761. The Morgan fingerprint density at radius 3 is 2.58 bits per heavy atom. The molecule has 0 bridgehead atoms. The molecule has 140 valence electrons. The van der Waals surface area contributed by atoms with Crippen LogP contribution in [0.4, 0.5) is 5.69 Å². The summed E-state index contributed by atoms with van der Waals surface area (Å²) in [4.78, 5) is 25.6. The summed E-state index contributed by atoms with van der Waals surface area (Å²) in [6, 6.07) is 5.36. The molecule has 5 nitrogen and oxygen atoms in total. The van der Waals surface area contributed by atoms with Crippen LogP contribution in [-0.4, -0.2) is 29.6 Å². The molecule has 0 spiro atoms. The summed E-state index contributed by atoms with van der Waals surface area (Å²) in [5.74, 6) is -0.996. The maximum absolute atomic E-state index is 13.0. The topological polar surface area (TPSA) is 69.6 Å². The molecule has 26 heavy (non-hydrogen) atoms. The smallest absolute Gasteiger partial charge is 0.303 e. The molecule has 1 aliphatic carbocycles. The highest BCUT2D eigenvalue weighted by Gasteiger charge is 2.33. The number of carboxylic acids is 1. The minimum Gasteiger partial charge on any atom is -0.481 e. The first-order valence-electron chi connectivity index (χ1n) is 8.93. The Kier molecular flexibility index (Phi) is 6.09. The number of aliphatic carboxylic acids is 1. The van der Waals surface area contributed by atoms with Crippen molar-refractivity contribution in [2.75, 3.05) is 11.4 Å². The van der Waals surface area contributed by atoms with Crippen LogP contribution in [0.3, 0.4) is 0 Å². The quantitative estimate of drug-likeness (QED) is 0.748. The van der Waals surface area contributed by atoms with E-state index in [1.165, 1.54) is 6.42 Å². The average Bonchev–Trinajstić information content (AvgIpc) is 2.93. The zero-order valence-electron chi connectivity index (χ0n) is 14.4. The van der Waals surface area contributed by atoms with Crippen LogP contribution in [0.2, 0.25) is 10.0 Å². The van der Waals surface area contributed by atoms with E-state index in [-0.39, 0.29) is 18.4 Å². The van der Waals surface area contributed by atoms with Crippen LogP contribution < -0.4 is 10.2 Å². The van der Waals surface area contributed by atoms with Gasteiger partial charge in [0.2, 0.25) is 0 Å².